The van der Waals surface area contributed by atoms with Crippen LogP contribution in [0.2, 0.25) is 0 Å². The van der Waals surface area contributed by atoms with Gasteiger partial charge in [0.1, 0.15) is 5.75 Å². The van der Waals surface area contributed by atoms with Crippen LogP contribution in [0.1, 0.15) is 18.4 Å². The van der Waals surface area contributed by atoms with Gasteiger partial charge in [0.15, 0.2) is 5.96 Å². The maximum atomic E-state index is 5.49. The summed E-state index contributed by atoms with van der Waals surface area (Å²) in [5.41, 5.74) is 1.16. The number of guanidine groups is 1. The average molecular weight is 465 g/mol. The third-order valence-electron chi connectivity index (χ3n) is 4.23. The Kier molecular flexibility index (Phi) is 9.84. The molecule has 1 aromatic rings. The number of methoxy groups -OCH3 is 1. The number of benzene rings is 1. The molecule has 0 aliphatic carbocycles. The van der Waals surface area contributed by atoms with E-state index in [-0.39, 0.29) is 28.7 Å². The standard InChI is InChI=1S/C17H27N3O2S.HI/c1-18-16(19-12-14-5-4-6-15(11-14)21-2)20-13-17(23-3)7-9-22-10-8-17;/h4-6,11H,7-10,12-13H2,1-3H3,(H2,18,19,20);1H. The number of nitrogens with zero attached hydrogens (tertiary/aromatic N) is 1. The van der Waals surface area contributed by atoms with E-state index in [1.807, 2.05) is 30.0 Å². The summed E-state index contributed by atoms with van der Waals surface area (Å²) in [5.74, 6) is 1.70. The third kappa shape index (κ3) is 6.33. The first-order chi connectivity index (χ1) is 11.2. The molecule has 136 valence electrons. The number of hydrogen-bond donors (Lipinski definition) is 2. The van der Waals surface area contributed by atoms with Gasteiger partial charge in [0.2, 0.25) is 0 Å². The lowest BCUT2D eigenvalue weighted by Crippen LogP contribution is -2.47. The molecule has 1 aliphatic heterocycles. The van der Waals surface area contributed by atoms with Gasteiger partial charge in [0.25, 0.3) is 0 Å². The van der Waals surface area contributed by atoms with Gasteiger partial charge in [-0.2, -0.15) is 11.8 Å². The minimum atomic E-state index is 0. The molecule has 1 aliphatic rings. The summed E-state index contributed by atoms with van der Waals surface area (Å²) in [4.78, 5) is 4.32. The molecule has 1 heterocycles. The normalized spacial score (nSPS) is 16.9. The van der Waals surface area contributed by atoms with Crippen LogP contribution in [0.5, 0.6) is 5.75 Å². The molecule has 5 nitrogen and oxygen atoms in total. The van der Waals surface area contributed by atoms with Crippen molar-refractivity contribution in [3.05, 3.63) is 29.8 Å². The molecule has 1 fully saturated rings. The molecule has 24 heavy (non-hydrogen) atoms. The van der Waals surface area contributed by atoms with Crippen LogP contribution in [0, 0.1) is 0 Å². The average Bonchev–Trinajstić information content (AvgIpc) is 2.63. The van der Waals surface area contributed by atoms with Gasteiger partial charge < -0.3 is 20.1 Å². The van der Waals surface area contributed by atoms with Gasteiger partial charge in [0.05, 0.1) is 7.11 Å². The highest BCUT2D eigenvalue weighted by Crippen LogP contribution is 2.32. The summed E-state index contributed by atoms with van der Waals surface area (Å²) >= 11 is 1.92. The quantitative estimate of drug-likeness (QED) is 0.385. The lowest BCUT2D eigenvalue weighted by Gasteiger charge is -2.36. The smallest absolute Gasteiger partial charge is 0.191 e. The third-order valence-corrected chi connectivity index (χ3v) is 5.65. The van der Waals surface area contributed by atoms with Gasteiger partial charge in [-0.15, -0.1) is 24.0 Å². The first-order valence-electron chi connectivity index (χ1n) is 7.92. The van der Waals surface area contributed by atoms with E-state index in [9.17, 15) is 0 Å². The fourth-order valence-corrected chi connectivity index (χ4v) is 3.42. The maximum absolute atomic E-state index is 5.49. The lowest BCUT2D eigenvalue weighted by molar-refractivity contribution is 0.0783. The van der Waals surface area contributed by atoms with Crippen LogP contribution in [0.3, 0.4) is 0 Å². The Bertz CT molecular complexity index is 522. The van der Waals surface area contributed by atoms with Crippen LogP contribution in [0.25, 0.3) is 0 Å². The molecule has 0 aromatic heterocycles. The molecule has 1 saturated heterocycles. The van der Waals surface area contributed by atoms with Crippen LogP contribution in [-0.4, -0.2) is 50.9 Å². The molecular weight excluding hydrogens is 437 g/mol. The Balaban J connectivity index is 0.00000288. The predicted molar refractivity (Wildman–Crippen MR) is 113 cm³/mol. The molecule has 2 rings (SSSR count). The number of nitrogens with one attached hydrogen (secondary N) is 2. The minimum absolute atomic E-state index is 0. The number of rotatable bonds is 6. The second-order valence-electron chi connectivity index (χ2n) is 5.63. The number of hydrogen-bond acceptors (Lipinski definition) is 4. The molecule has 0 saturated carbocycles. The predicted octanol–water partition coefficient (Wildman–Crippen LogP) is 2.89. The lowest BCUT2D eigenvalue weighted by atomic mass is 9.99. The Hall–Kier alpha value is -0.670. The van der Waals surface area contributed by atoms with E-state index in [0.29, 0.717) is 6.54 Å². The van der Waals surface area contributed by atoms with E-state index in [4.69, 9.17) is 9.47 Å². The van der Waals surface area contributed by atoms with Crippen LogP contribution in [-0.2, 0) is 11.3 Å². The molecule has 0 bridgehead atoms. The van der Waals surface area contributed by atoms with E-state index in [1.54, 1.807) is 14.2 Å². The van der Waals surface area contributed by atoms with Crippen LogP contribution < -0.4 is 15.4 Å². The summed E-state index contributed by atoms with van der Waals surface area (Å²) < 4.78 is 11.0. The fraction of sp³-hybridized carbons (Fsp3) is 0.588. The van der Waals surface area contributed by atoms with Crippen molar-refractivity contribution in [3.8, 4) is 5.75 Å². The van der Waals surface area contributed by atoms with E-state index >= 15 is 0 Å². The first-order valence-corrected chi connectivity index (χ1v) is 9.14. The number of aliphatic imine (C=N–C) groups is 1. The second-order valence-corrected chi connectivity index (χ2v) is 6.90. The van der Waals surface area contributed by atoms with Gasteiger partial charge in [-0.05, 0) is 36.8 Å². The molecule has 7 heteroatoms. The van der Waals surface area contributed by atoms with E-state index in [0.717, 1.165) is 49.9 Å². The van der Waals surface area contributed by atoms with Gasteiger partial charge in [-0.1, -0.05) is 12.1 Å². The van der Waals surface area contributed by atoms with Gasteiger partial charge in [0, 0.05) is 38.1 Å². The van der Waals surface area contributed by atoms with Crippen molar-refractivity contribution in [3.63, 3.8) is 0 Å². The van der Waals surface area contributed by atoms with E-state index < -0.39 is 0 Å². The van der Waals surface area contributed by atoms with Crippen molar-refractivity contribution >= 4 is 41.7 Å². The monoisotopic (exact) mass is 465 g/mol. The molecule has 0 atom stereocenters. The topological polar surface area (TPSA) is 54.9 Å². The van der Waals surface area contributed by atoms with Crippen molar-refractivity contribution in [2.45, 2.75) is 24.1 Å². The highest BCUT2D eigenvalue weighted by Gasteiger charge is 2.31. The summed E-state index contributed by atoms with van der Waals surface area (Å²) in [7, 11) is 3.49. The maximum Gasteiger partial charge on any atom is 0.191 e. The van der Waals surface area contributed by atoms with Crippen molar-refractivity contribution in [1.29, 1.82) is 0 Å². The number of ether oxygens (including phenoxy) is 2. The molecular formula is C17H28IN3O2S. The summed E-state index contributed by atoms with van der Waals surface area (Å²) in [5, 5.41) is 6.82. The molecule has 0 radical (unpaired) electrons. The molecule has 0 amide bonds. The summed E-state index contributed by atoms with van der Waals surface area (Å²) in [6.45, 7) is 3.30. The Morgan fingerprint density at radius 3 is 2.71 bits per heavy atom. The van der Waals surface area contributed by atoms with Gasteiger partial charge in [-0.3, -0.25) is 4.99 Å². The fourth-order valence-electron chi connectivity index (χ4n) is 2.63. The van der Waals surface area contributed by atoms with E-state index in [2.05, 4.69) is 27.9 Å². The largest absolute Gasteiger partial charge is 0.497 e. The zero-order valence-corrected chi connectivity index (χ0v) is 17.8. The van der Waals surface area contributed by atoms with Crippen molar-refractivity contribution in [2.24, 2.45) is 4.99 Å². The Morgan fingerprint density at radius 2 is 2.08 bits per heavy atom. The zero-order valence-electron chi connectivity index (χ0n) is 14.6. The highest BCUT2D eigenvalue weighted by atomic mass is 127. The number of thioether (sulfide) groups is 1. The number of halogens is 1. The Labute approximate surface area is 166 Å². The zero-order chi connectivity index (χ0) is 16.5. The Morgan fingerprint density at radius 1 is 1.33 bits per heavy atom. The first kappa shape index (κ1) is 21.4. The SMILES string of the molecule is CN=C(NCc1cccc(OC)c1)NCC1(SC)CCOCC1.I. The summed E-state index contributed by atoms with van der Waals surface area (Å²) in [6, 6.07) is 8.05. The highest BCUT2D eigenvalue weighted by molar-refractivity contribution is 14.0. The van der Waals surface area contributed by atoms with Gasteiger partial charge >= 0.3 is 0 Å². The van der Waals surface area contributed by atoms with E-state index in [1.165, 1.54) is 0 Å². The molecule has 0 spiro atoms. The molecule has 0 unspecified atom stereocenters. The van der Waals surface area contributed by atoms with Crippen LogP contribution >= 0.6 is 35.7 Å². The van der Waals surface area contributed by atoms with Crippen LogP contribution in [0.15, 0.2) is 29.3 Å². The summed E-state index contributed by atoms with van der Waals surface area (Å²) in [6.07, 6.45) is 4.33. The molecule has 2 N–H and O–H groups in total. The van der Waals surface area contributed by atoms with Gasteiger partial charge in [-0.25, -0.2) is 0 Å². The minimum Gasteiger partial charge on any atom is -0.497 e. The van der Waals surface area contributed by atoms with Crippen LogP contribution in [0.4, 0.5) is 0 Å². The van der Waals surface area contributed by atoms with Crippen molar-refractivity contribution in [1.82, 2.24) is 10.6 Å². The molecule has 1 aromatic carbocycles. The second kappa shape index (κ2) is 11.0. The van der Waals surface area contributed by atoms with Crippen molar-refractivity contribution < 1.29 is 9.47 Å². The van der Waals surface area contributed by atoms with Crippen molar-refractivity contribution in [2.75, 3.05) is 40.2 Å².